The van der Waals surface area contributed by atoms with Gasteiger partial charge in [-0.1, -0.05) is 0 Å². The van der Waals surface area contributed by atoms with E-state index in [1.54, 1.807) is 0 Å². The first-order valence-electron chi connectivity index (χ1n) is 9.67. The summed E-state index contributed by atoms with van der Waals surface area (Å²) < 4.78 is 48.9. The second kappa shape index (κ2) is 20.4. The molecule has 0 atom stereocenters. The maximum absolute atomic E-state index is 5.49. The first kappa shape index (κ1) is 24.7. The van der Waals surface area contributed by atoms with Crippen LogP contribution in [0.15, 0.2) is 0 Å². The summed E-state index contributed by atoms with van der Waals surface area (Å²) in [5.74, 6) is 0. The lowest BCUT2D eigenvalue weighted by atomic mass is 10.6. The quantitative estimate of drug-likeness (QED) is 0.581. The van der Waals surface area contributed by atoms with Crippen molar-refractivity contribution in [3.8, 4) is 0 Å². The highest BCUT2D eigenvalue weighted by Crippen LogP contribution is 1.94. The molecule has 1 aliphatic heterocycles. The lowest BCUT2D eigenvalue weighted by molar-refractivity contribution is -0.148. The van der Waals surface area contributed by atoms with Gasteiger partial charge in [-0.3, -0.25) is 0 Å². The topological polar surface area (TPSA) is 83.1 Å². The van der Waals surface area contributed by atoms with Crippen LogP contribution in [0.2, 0.25) is 0 Å². The molecule has 0 radical (unpaired) electrons. The van der Waals surface area contributed by atoms with Gasteiger partial charge in [0.05, 0.1) is 106 Å². The molecule has 1 aliphatic rings. The summed E-state index contributed by atoms with van der Waals surface area (Å²) in [6.07, 6.45) is -0.290. The van der Waals surface area contributed by atoms with Crippen LogP contribution in [0.25, 0.3) is 0 Å². The summed E-state index contributed by atoms with van der Waals surface area (Å²) in [5, 5.41) is 0. The van der Waals surface area contributed by atoms with Gasteiger partial charge in [-0.25, -0.2) is 0 Å². The highest BCUT2D eigenvalue weighted by molar-refractivity contribution is 4.39. The molecule has 162 valence electrons. The van der Waals surface area contributed by atoms with Crippen molar-refractivity contribution in [2.24, 2.45) is 0 Å². The van der Waals surface area contributed by atoms with E-state index in [2.05, 4.69) is 0 Å². The molecular weight excluding hydrogens is 360 g/mol. The minimum Gasteiger partial charge on any atom is -0.377 e. The lowest BCUT2D eigenvalue weighted by Crippen LogP contribution is -2.20. The Bertz CT molecular complexity index is 268. The van der Waals surface area contributed by atoms with Gasteiger partial charge in [0.15, 0.2) is 6.29 Å². The van der Waals surface area contributed by atoms with E-state index in [1.807, 2.05) is 6.92 Å². The normalized spacial score (nSPS) is 24.3. The molecule has 1 heterocycles. The zero-order chi connectivity index (χ0) is 19.3. The third-order valence-electron chi connectivity index (χ3n) is 3.39. The van der Waals surface area contributed by atoms with Crippen molar-refractivity contribution in [2.75, 3.05) is 106 Å². The van der Waals surface area contributed by atoms with E-state index < -0.39 is 0 Å². The molecule has 9 heteroatoms. The van der Waals surface area contributed by atoms with Crippen LogP contribution in [-0.4, -0.2) is 112 Å². The maximum atomic E-state index is 5.49. The van der Waals surface area contributed by atoms with Crippen molar-refractivity contribution >= 4 is 0 Å². The second-order valence-electron chi connectivity index (χ2n) is 5.60. The van der Waals surface area contributed by atoms with Crippen LogP contribution >= 0.6 is 0 Å². The van der Waals surface area contributed by atoms with Gasteiger partial charge in [0.2, 0.25) is 0 Å². The summed E-state index contributed by atoms with van der Waals surface area (Å²) in [6.45, 7) is 10.2. The largest absolute Gasteiger partial charge is 0.377 e. The Morgan fingerprint density at radius 3 is 0.741 bits per heavy atom. The van der Waals surface area contributed by atoms with Crippen LogP contribution in [0.1, 0.15) is 6.92 Å². The average Bonchev–Trinajstić information content (AvgIpc) is 2.67. The van der Waals surface area contributed by atoms with E-state index in [4.69, 9.17) is 42.6 Å². The average molecular weight is 396 g/mol. The summed E-state index contributed by atoms with van der Waals surface area (Å²) >= 11 is 0. The van der Waals surface area contributed by atoms with E-state index in [0.29, 0.717) is 106 Å². The van der Waals surface area contributed by atoms with E-state index >= 15 is 0 Å². The fourth-order valence-electron chi connectivity index (χ4n) is 2.02. The van der Waals surface area contributed by atoms with Crippen molar-refractivity contribution < 1.29 is 42.6 Å². The Kier molecular flexibility index (Phi) is 18.6. The van der Waals surface area contributed by atoms with Crippen LogP contribution in [0.4, 0.5) is 0 Å². The van der Waals surface area contributed by atoms with E-state index in [0.717, 1.165) is 0 Å². The molecule has 0 aromatic carbocycles. The van der Waals surface area contributed by atoms with E-state index in [1.165, 1.54) is 0 Å². The molecule has 0 N–H and O–H groups in total. The predicted molar refractivity (Wildman–Crippen MR) is 97.1 cm³/mol. The van der Waals surface area contributed by atoms with Gasteiger partial charge in [-0.15, -0.1) is 0 Å². The van der Waals surface area contributed by atoms with E-state index in [-0.39, 0.29) is 6.29 Å². The van der Waals surface area contributed by atoms with Crippen LogP contribution in [0, 0.1) is 0 Å². The Morgan fingerprint density at radius 1 is 0.333 bits per heavy atom. The summed E-state index contributed by atoms with van der Waals surface area (Å²) in [7, 11) is 0. The molecule has 0 amide bonds. The first-order valence-corrected chi connectivity index (χ1v) is 9.67. The van der Waals surface area contributed by atoms with Gasteiger partial charge >= 0.3 is 0 Å². The Morgan fingerprint density at radius 2 is 0.519 bits per heavy atom. The third-order valence-corrected chi connectivity index (χ3v) is 3.39. The molecule has 0 saturated carbocycles. The standard InChI is InChI=1S/C18H36O9/c1-18-26-16-14-24-12-10-22-8-6-20-4-2-19-3-5-21-7-9-23-11-13-25-15-17-27-18/h18H,2-17H2,1H3. The predicted octanol–water partition coefficient (Wildman–Crippen LogP) is 0.495. The summed E-state index contributed by atoms with van der Waals surface area (Å²) in [6, 6.07) is 0. The van der Waals surface area contributed by atoms with Gasteiger partial charge in [0.1, 0.15) is 0 Å². The van der Waals surface area contributed by atoms with Crippen LogP contribution in [0.5, 0.6) is 0 Å². The molecule has 0 aromatic rings. The molecule has 0 unspecified atom stereocenters. The van der Waals surface area contributed by atoms with Gasteiger partial charge in [-0.2, -0.15) is 0 Å². The molecule has 1 fully saturated rings. The number of ether oxygens (including phenoxy) is 9. The van der Waals surface area contributed by atoms with Gasteiger partial charge in [0, 0.05) is 0 Å². The molecule has 9 nitrogen and oxygen atoms in total. The fourth-order valence-corrected chi connectivity index (χ4v) is 2.02. The highest BCUT2D eigenvalue weighted by atomic mass is 16.7. The van der Waals surface area contributed by atoms with Crippen LogP contribution in [0.3, 0.4) is 0 Å². The van der Waals surface area contributed by atoms with Gasteiger partial charge in [0.25, 0.3) is 0 Å². The molecule has 1 rings (SSSR count). The Balaban J connectivity index is 2.06. The third kappa shape index (κ3) is 18.8. The second-order valence-corrected chi connectivity index (χ2v) is 5.60. The monoisotopic (exact) mass is 396 g/mol. The SMILES string of the molecule is CC1OCCOCCOCCOCCOCCOCCOCCOCCO1. The van der Waals surface area contributed by atoms with Crippen LogP contribution < -0.4 is 0 Å². The molecule has 1 saturated heterocycles. The number of hydrogen-bond donors (Lipinski definition) is 0. The van der Waals surface area contributed by atoms with Gasteiger partial charge in [-0.05, 0) is 6.92 Å². The number of rotatable bonds is 0. The molecule has 0 aliphatic carbocycles. The lowest BCUT2D eigenvalue weighted by Gasteiger charge is -2.14. The molecule has 0 spiro atoms. The van der Waals surface area contributed by atoms with Crippen molar-refractivity contribution in [1.82, 2.24) is 0 Å². The summed E-state index contributed by atoms with van der Waals surface area (Å²) in [4.78, 5) is 0. The first-order chi connectivity index (χ1) is 13.4. The fraction of sp³-hybridized carbons (Fsp3) is 1.00. The van der Waals surface area contributed by atoms with Crippen molar-refractivity contribution in [3.63, 3.8) is 0 Å². The molecule has 27 heavy (non-hydrogen) atoms. The molecule has 0 aromatic heterocycles. The molecule has 0 bridgehead atoms. The maximum Gasteiger partial charge on any atom is 0.155 e. The Labute approximate surface area is 162 Å². The summed E-state index contributed by atoms with van der Waals surface area (Å²) in [5.41, 5.74) is 0. The van der Waals surface area contributed by atoms with Crippen molar-refractivity contribution in [1.29, 1.82) is 0 Å². The highest BCUT2D eigenvalue weighted by Gasteiger charge is 2.02. The smallest absolute Gasteiger partial charge is 0.155 e. The molecular formula is C18H36O9. The number of hydrogen-bond acceptors (Lipinski definition) is 9. The zero-order valence-electron chi connectivity index (χ0n) is 16.6. The van der Waals surface area contributed by atoms with Crippen molar-refractivity contribution in [2.45, 2.75) is 13.2 Å². The van der Waals surface area contributed by atoms with E-state index in [9.17, 15) is 0 Å². The minimum absolute atomic E-state index is 0.290. The van der Waals surface area contributed by atoms with Gasteiger partial charge < -0.3 is 42.6 Å². The van der Waals surface area contributed by atoms with Crippen molar-refractivity contribution in [3.05, 3.63) is 0 Å². The zero-order valence-corrected chi connectivity index (χ0v) is 16.6. The van der Waals surface area contributed by atoms with Crippen LogP contribution in [-0.2, 0) is 42.6 Å². The Hall–Kier alpha value is -0.360. The minimum atomic E-state index is -0.290.